The van der Waals surface area contributed by atoms with E-state index in [1.165, 1.54) is 30.5 Å². The Labute approximate surface area is 102 Å². The Hall–Kier alpha value is -2.76. The Morgan fingerprint density at radius 1 is 1.22 bits per heavy atom. The summed E-state index contributed by atoms with van der Waals surface area (Å²) >= 11 is 0. The molecule has 0 spiro atoms. The van der Waals surface area contributed by atoms with Gasteiger partial charge in [0.05, 0.1) is 10.5 Å². The first-order valence-corrected chi connectivity index (χ1v) is 5.04. The van der Waals surface area contributed by atoms with Crippen molar-refractivity contribution < 1.29 is 14.5 Å². The first-order chi connectivity index (χ1) is 8.66. The molecule has 0 saturated carbocycles. The summed E-state index contributed by atoms with van der Waals surface area (Å²) in [5.74, 6) is -0.536. The smallest absolute Gasteiger partial charge is 0.345 e. The molecule has 0 radical (unpaired) electrons. The first kappa shape index (κ1) is 11.7. The predicted octanol–water partition coefficient (Wildman–Crippen LogP) is 2.21. The predicted molar refractivity (Wildman–Crippen MR) is 62.3 cm³/mol. The monoisotopic (exact) mass is 244 g/mol. The molecule has 0 atom stereocenters. The zero-order chi connectivity index (χ0) is 13.0. The number of benzene rings is 1. The van der Waals surface area contributed by atoms with Crippen molar-refractivity contribution in [3.63, 3.8) is 0 Å². The SMILES string of the molecule is O=C(Oc1ccccn1)c1cccc([N+](=O)[O-])c1. The second-order valence-corrected chi connectivity index (χ2v) is 3.36. The van der Waals surface area contributed by atoms with E-state index in [-0.39, 0.29) is 17.1 Å². The molecule has 1 aromatic carbocycles. The highest BCUT2D eigenvalue weighted by molar-refractivity contribution is 5.91. The third kappa shape index (κ3) is 2.67. The lowest BCUT2D eigenvalue weighted by atomic mass is 10.2. The summed E-state index contributed by atoms with van der Waals surface area (Å²) in [7, 11) is 0. The highest BCUT2D eigenvalue weighted by Crippen LogP contribution is 2.15. The van der Waals surface area contributed by atoms with Crippen LogP contribution in [0.15, 0.2) is 48.7 Å². The fourth-order valence-corrected chi connectivity index (χ4v) is 1.31. The Morgan fingerprint density at radius 2 is 2.06 bits per heavy atom. The van der Waals surface area contributed by atoms with Crippen LogP contribution in [-0.2, 0) is 0 Å². The number of ether oxygens (including phenoxy) is 1. The molecule has 0 bridgehead atoms. The van der Waals surface area contributed by atoms with Gasteiger partial charge in [-0.3, -0.25) is 10.1 Å². The summed E-state index contributed by atoms with van der Waals surface area (Å²) in [6.07, 6.45) is 1.48. The van der Waals surface area contributed by atoms with Crippen LogP contribution in [0.25, 0.3) is 0 Å². The molecule has 0 amide bonds. The maximum absolute atomic E-state index is 11.7. The van der Waals surface area contributed by atoms with Crippen LogP contribution in [0.4, 0.5) is 5.69 Å². The number of rotatable bonds is 3. The maximum atomic E-state index is 11.7. The molecule has 6 nitrogen and oxygen atoms in total. The van der Waals surface area contributed by atoms with Gasteiger partial charge >= 0.3 is 5.97 Å². The van der Waals surface area contributed by atoms with Crippen LogP contribution in [0.2, 0.25) is 0 Å². The highest BCUT2D eigenvalue weighted by atomic mass is 16.6. The lowest BCUT2D eigenvalue weighted by Gasteiger charge is -2.02. The van der Waals surface area contributed by atoms with E-state index in [1.807, 2.05) is 0 Å². The number of carbonyl (C=O) groups excluding carboxylic acids is 1. The maximum Gasteiger partial charge on any atom is 0.345 e. The molecular weight excluding hydrogens is 236 g/mol. The number of aromatic nitrogens is 1. The summed E-state index contributed by atoms with van der Waals surface area (Å²) in [5.41, 5.74) is -0.0553. The van der Waals surface area contributed by atoms with Crippen molar-refractivity contribution in [3.05, 3.63) is 64.3 Å². The van der Waals surface area contributed by atoms with E-state index in [2.05, 4.69) is 4.98 Å². The molecule has 1 aromatic heterocycles. The molecule has 18 heavy (non-hydrogen) atoms. The molecule has 1 heterocycles. The molecule has 90 valence electrons. The molecule has 0 aliphatic carbocycles. The first-order valence-electron chi connectivity index (χ1n) is 5.04. The van der Waals surface area contributed by atoms with Crippen molar-refractivity contribution in [1.29, 1.82) is 0 Å². The van der Waals surface area contributed by atoms with E-state index in [0.717, 1.165) is 6.07 Å². The Bertz CT molecular complexity index is 584. The van der Waals surface area contributed by atoms with Crippen LogP contribution in [-0.4, -0.2) is 15.9 Å². The van der Waals surface area contributed by atoms with Gasteiger partial charge in [0.2, 0.25) is 5.88 Å². The summed E-state index contributed by atoms with van der Waals surface area (Å²) in [6, 6.07) is 10.2. The topological polar surface area (TPSA) is 82.3 Å². The number of hydrogen-bond acceptors (Lipinski definition) is 5. The van der Waals surface area contributed by atoms with E-state index in [0.29, 0.717) is 0 Å². The van der Waals surface area contributed by atoms with Gasteiger partial charge in [0, 0.05) is 24.4 Å². The van der Waals surface area contributed by atoms with Crippen LogP contribution in [0.3, 0.4) is 0 Å². The lowest BCUT2D eigenvalue weighted by molar-refractivity contribution is -0.384. The molecule has 2 aromatic rings. The largest absolute Gasteiger partial charge is 0.404 e. The number of pyridine rings is 1. The number of nitro benzene ring substituents is 1. The number of nitro groups is 1. The average molecular weight is 244 g/mol. The minimum atomic E-state index is -0.683. The van der Waals surface area contributed by atoms with E-state index in [1.54, 1.807) is 12.1 Å². The van der Waals surface area contributed by atoms with Crippen LogP contribution in [0.1, 0.15) is 10.4 Å². The summed E-state index contributed by atoms with van der Waals surface area (Å²) in [6.45, 7) is 0. The van der Waals surface area contributed by atoms with Gasteiger partial charge in [-0.1, -0.05) is 12.1 Å². The van der Waals surface area contributed by atoms with Gasteiger partial charge < -0.3 is 4.74 Å². The van der Waals surface area contributed by atoms with Gasteiger partial charge in [0.1, 0.15) is 0 Å². The normalized spacial score (nSPS) is 9.78. The van der Waals surface area contributed by atoms with Crippen LogP contribution in [0, 0.1) is 10.1 Å². The molecule has 0 N–H and O–H groups in total. The second kappa shape index (κ2) is 5.05. The molecule has 0 aliphatic rings. The van der Waals surface area contributed by atoms with E-state index in [4.69, 9.17) is 4.74 Å². The van der Waals surface area contributed by atoms with Gasteiger partial charge in [0.25, 0.3) is 5.69 Å². The van der Waals surface area contributed by atoms with Crippen LogP contribution < -0.4 is 4.74 Å². The Balaban J connectivity index is 2.19. The molecule has 6 heteroatoms. The van der Waals surface area contributed by atoms with Crippen molar-refractivity contribution in [2.75, 3.05) is 0 Å². The summed E-state index contributed by atoms with van der Waals surface area (Å²) < 4.78 is 4.96. The number of nitrogens with zero attached hydrogens (tertiary/aromatic N) is 2. The molecule has 0 fully saturated rings. The third-order valence-electron chi connectivity index (χ3n) is 2.13. The van der Waals surface area contributed by atoms with Gasteiger partial charge in [0.15, 0.2) is 0 Å². The van der Waals surface area contributed by atoms with Crippen LogP contribution in [0.5, 0.6) is 5.88 Å². The van der Waals surface area contributed by atoms with Crippen molar-refractivity contribution in [3.8, 4) is 5.88 Å². The summed E-state index contributed by atoms with van der Waals surface area (Å²) in [5, 5.41) is 10.6. The standard InChI is InChI=1S/C12H8N2O4/c15-12(18-11-6-1-2-7-13-11)9-4-3-5-10(8-9)14(16)17/h1-8H. The number of esters is 1. The number of non-ortho nitro benzene ring substituents is 1. The number of carbonyl (C=O) groups is 1. The molecular formula is C12H8N2O4. The minimum absolute atomic E-state index is 0.106. The van der Waals surface area contributed by atoms with Gasteiger partial charge in [-0.2, -0.15) is 0 Å². The Morgan fingerprint density at radius 3 is 2.72 bits per heavy atom. The molecule has 0 saturated heterocycles. The minimum Gasteiger partial charge on any atom is -0.404 e. The molecule has 2 rings (SSSR count). The zero-order valence-corrected chi connectivity index (χ0v) is 9.15. The Kier molecular flexibility index (Phi) is 3.29. The number of hydrogen-bond donors (Lipinski definition) is 0. The van der Waals surface area contributed by atoms with Crippen molar-refractivity contribution in [1.82, 2.24) is 4.98 Å². The second-order valence-electron chi connectivity index (χ2n) is 3.36. The quantitative estimate of drug-likeness (QED) is 0.469. The third-order valence-corrected chi connectivity index (χ3v) is 2.13. The van der Waals surface area contributed by atoms with Crippen molar-refractivity contribution in [2.45, 2.75) is 0 Å². The van der Waals surface area contributed by atoms with Crippen LogP contribution >= 0.6 is 0 Å². The zero-order valence-electron chi connectivity index (χ0n) is 9.15. The fourth-order valence-electron chi connectivity index (χ4n) is 1.31. The molecule has 0 unspecified atom stereocenters. The fraction of sp³-hybridized carbons (Fsp3) is 0. The van der Waals surface area contributed by atoms with Gasteiger partial charge in [-0.05, 0) is 12.1 Å². The van der Waals surface area contributed by atoms with Crippen molar-refractivity contribution >= 4 is 11.7 Å². The van der Waals surface area contributed by atoms with E-state index in [9.17, 15) is 14.9 Å². The lowest BCUT2D eigenvalue weighted by Crippen LogP contribution is -2.09. The van der Waals surface area contributed by atoms with Gasteiger partial charge in [-0.15, -0.1) is 0 Å². The highest BCUT2D eigenvalue weighted by Gasteiger charge is 2.13. The van der Waals surface area contributed by atoms with Gasteiger partial charge in [-0.25, -0.2) is 9.78 Å². The molecule has 0 aliphatic heterocycles. The average Bonchev–Trinajstić information content (AvgIpc) is 2.40. The van der Waals surface area contributed by atoms with E-state index >= 15 is 0 Å². The summed E-state index contributed by atoms with van der Waals surface area (Å²) in [4.78, 5) is 25.5. The van der Waals surface area contributed by atoms with E-state index < -0.39 is 10.9 Å². The van der Waals surface area contributed by atoms with Crippen molar-refractivity contribution in [2.24, 2.45) is 0 Å².